The van der Waals surface area contributed by atoms with Crippen LogP contribution >= 0.6 is 23.2 Å². The van der Waals surface area contributed by atoms with Crippen LogP contribution in [-0.2, 0) is 4.79 Å². The SMILES string of the molecule is C=CC(=O)Nc1cc(N2CCN(CC)CC2)ccc1Nc1ccc2oc(C(=O)c3c(Cl)c(OC)cc(OC)c3Cl)cc2n1. The minimum atomic E-state index is -0.551. The van der Waals surface area contributed by atoms with Crippen molar-refractivity contribution in [2.24, 2.45) is 0 Å². The number of piperazine rings is 1. The molecule has 10 nitrogen and oxygen atoms in total. The number of pyridine rings is 1. The van der Waals surface area contributed by atoms with Crippen molar-refractivity contribution >= 4 is 68.9 Å². The standard InChI is InChI=1S/C31H31Cl2N5O5/c1-5-27(39)36-20-15-18(38-13-11-37(6-2)12-14-38)7-8-19(20)34-26-10-9-22-21(35-26)16-25(43-22)31(40)28-29(32)23(41-3)17-24(42-4)30(28)33/h5,7-10,15-17H,1,6,11-14H2,2-4H3,(H,34,35)(H,36,39). The normalized spacial score (nSPS) is 13.6. The number of amides is 1. The number of carbonyl (C=O) groups excluding carboxylic acids is 2. The quantitative estimate of drug-likeness (QED) is 0.153. The molecule has 0 aliphatic carbocycles. The van der Waals surface area contributed by atoms with E-state index in [1.165, 1.54) is 32.4 Å². The zero-order valence-electron chi connectivity index (χ0n) is 24.0. The number of nitrogens with one attached hydrogen (secondary N) is 2. The number of anilines is 4. The third-order valence-corrected chi connectivity index (χ3v) is 8.04. The first kappa shape index (κ1) is 30.2. The maximum Gasteiger partial charge on any atom is 0.247 e. The Morgan fingerprint density at radius 1 is 1.00 bits per heavy atom. The Hall–Kier alpha value is -4.25. The Bertz CT molecular complexity index is 1670. The largest absolute Gasteiger partial charge is 0.495 e. The van der Waals surface area contributed by atoms with Crippen LogP contribution in [0.1, 0.15) is 23.0 Å². The molecule has 4 aromatic rings. The second-order valence-corrected chi connectivity index (χ2v) is 10.5. The van der Waals surface area contributed by atoms with Crippen molar-refractivity contribution in [2.75, 3.05) is 62.5 Å². The van der Waals surface area contributed by atoms with E-state index in [9.17, 15) is 9.59 Å². The number of halogens is 2. The summed E-state index contributed by atoms with van der Waals surface area (Å²) in [6.45, 7) is 10.5. The highest BCUT2D eigenvalue weighted by atomic mass is 35.5. The summed E-state index contributed by atoms with van der Waals surface area (Å²) in [6, 6.07) is 12.3. The van der Waals surface area contributed by atoms with E-state index < -0.39 is 5.78 Å². The third kappa shape index (κ3) is 6.27. The van der Waals surface area contributed by atoms with E-state index in [4.69, 9.17) is 37.1 Å². The number of hydrogen-bond donors (Lipinski definition) is 2. The number of ether oxygens (including phenoxy) is 2. The highest BCUT2D eigenvalue weighted by Gasteiger charge is 2.26. The zero-order valence-corrected chi connectivity index (χ0v) is 25.5. The molecule has 2 aromatic heterocycles. The predicted molar refractivity (Wildman–Crippen MR) is 170 cm³/mol. The first-order chi connectivity index (χ1) is 20.8. The van der Waals surface area contributed by atoms with Gasteiger partial charge in [-0.2, -0.15) is 0 Å². The molecule has 12 heteroatoms. The Morgan fingerprint density at radius 3 is 2.33 bits per heavy atom. The predicted octanol–water partition coefficient (Wildman–Crippen LogP) is 6.39. The van der Waals surface area contributed by atoms with Crippen LogP contribution in [0, 0.1) is 0 Å². The van der Waals surface area contributed by atoms with Gasteiger partial charge >= 0.3 is 0 Å². The molecule has 0 unspecified atom stereocenters. The van der Waals surface area contributed by atoms with Crippen LogP contribution in [0.2, 0.25) is 10.0 Å². The minimum Gasteiger partial charge on any atom is -0.495 e. The summed E-state index contributed by atoms with van der Waals surface area (Å²) in [5.41, 5.74) is 3.04. The summed E-state index contributed by atoms with van der Waals surface area (Å²) in [7, 11) is 2.86. The molecule has 1 aliphatic heterocycles. The van der Waals surface area contributed by atoms with Crippen LogP contribution < -0.4 is 25.0 Å². The molecule has 2 N–H and O–H groups in total. The Morgan fingerprint density at radius 2 is 1.70 bits per heavy atom. The van der Waals surface area contributed by atoms with E-state index in [1.807, 2.05) is 18.2 Å². The van der Waals surface area contributed by atoms with Gasteiger partial charge in [-0.05, 0) is 43.0 Å². The number of ketones is 1. The molecule has 0 radical (unpaired) electrons. The summed E-state index contributed by atoms with van der Waals surface area (Å²) in [6.07, 6.45) is 1.22. The van der Waals surface area contributed by atoms with E-state index in [0.717, 1.165) is 38.4 Å². The molecule has 5 rings (SSSR count). The lowest BCUT2D eigenvalue weighted by Crippen LogP contribution is -2.46. The monoisotopic (exact) mass is 623 g/mol. The minimum absolute atomic E-state index is 0.00395. The number of carbonyl (C=O) groups is 2. The van der Waals surface area contributed by atoms with Crippen LogP contribution in [-0.4, -0.2) is 68.5 Å². The van der Waals surface area contributed by atoms with Crippen molar-refractivity contribution < 1.29 is 23.5 Å². The third-order valence-electron chi connectivity index (χ3n) is 7.29. The van der Waals surface area contributed by atoms with Crippen molar-refractivity contribution in [3.05, 3.63) is 76.5 Å². The van der Waals surface area contributed by atoms with Gasteiger partial charge in [0, 0.05) is 44.0 Å². The van der Waals surface area contributed by atoms with Gasteiger partial charge in [0.2, 0.25) is 11.7 Å². The van der Waals surface area contributed by atoms with Crippen LogP contribution in [0.25, 0.3) is 11.1 Å². The van der Waals surface area contributed by atoms with E-state index in [0.29, 0.717) is 28.3 Å². The number of furan rings is 1. The number of rotatable bonds is 10. The lowest BCUT2D eigenvalue weighted by Gasteiger charge is -2.35. The number of fused-ring (bicyclic) bond motifs is 1. The second kappa shape index (κ2) is 12.9. The maximum atomic E-state index is 13.5. The molecule has 1 saturated heterocycles. The summed E-state index contributed by atoms with van der Waals surface area (Å²) in [5.74, 6) is 0.0598. The maximum absolute atomic E-state index is 13.5. The lowest BCUT2D eigenvalue weighted by molar-refractivity contribution is -0.111. The first-order valence-electron chi connectivity index (χ1n) is 13.6. The molecule has 1 amide bonds. The smallest absolute Gasteiger partial charge is 0.247 e. The van der Waals surface area contributed by atoms with Gasteiger partial charge in [-0.1, -0.05) is 36.7 Å². The van der Waals surface area contributed by atoms with Gasteiger partial charge in [0.15, 0.2) is 11.3 Å². The molecule has 0 atom stereocenters. The number of likely N-dealkylation sites (N-methyl/N-ethyl adjacent to an activating group) is 1. The van der Waals surface area contributed by atoms with Gasteiger partial charge < -0.3 is 34.3 Å². The molecule has 0 spiro atoms. The van der Waals surface area contributed by atoms with E-state index >= 15 is 0 Å². The Balaban J connectivity index is 1.43. The molecular formula is C31H31Cl2N5O5. The second-order valence-electron chi connectivity index (χ2n) is 9.77. The summed E-state index contributed by atoms with van der Waals surface area (Å²) < 4.78 is 16.4. The van der Waals surface area contributed by atoms with Crippen LogP contribution in [0.3, 0.4) is 0 Å². The number of hydrogen-bond acceptors (Lipinski definition) is 9. The molecule has 0 saturated carbocycles. The lowest BCUT2D eigenvalue weighted by atomic mass is 10.1. The van der Waals surface area contributed by atoms with Gasteiger partial charge in [0.1, 0.15) is 22.8 Å². The van der Waals surface area contributed by atoms with Crippen LogP contribution in [0.5, 0.6) is 11.5 Å². The zero-order chi connectivity index (χ0) is 30.7. The van der Waals surface area contributed by atoms with Crippen LogP contribution in [0.15, 0.2) is 59.5 Å². The van der Waals surface area contributed by atoms with Crippen LogP contribution in [0.4, 0.5) is 22.9 Å². The molecule has 0 bridgehead atoms. The van der Waals surface area contributed by atoms with Gasteiger partial charge in [-0.25, -0.2) is 4.98 Å². The highest BCUT2D eigenvalue weighted by Crippen LogP contribution is 2.42. The molecule has 3 heterocycles. The number of aromatic nitrogens is 1. The van der Waals surface area contributed by atoms with Crippen molar-refractivity contribution in [3.63, 3.8) is 0 Å². The number of benzene rings is 2. The topological polar surface area (TPSA) is 109 Å². The van der Waals surface area contributed by atoms with Gasteiger partial charge in [0.05, 0.1) is 41.2 Å². The van der Waals surface area contributed by atoms with Crippen molar-refractivity contribution in [1.82, 2.24) is 9.88 Å². The van der Waals surface area contributed by atoms with Gasteiger partial charge in [-0.3, -0.25) is 9.59 Å². The van der Waals surface area contributed by atoms with Gasteiger partial charge in [-0.15, -0.1) is 0 Å². The molecule has 2 aromatic carbocycles. The van der Waals surface area contributed by atoms with Gasteiger partial charge in [0.25, 0.3) is 0 Å². The van der Waals surface area contributed by atoms with Crippen molar-refractivity contribution in [2.45, 2.75) is 6.92 Å². The summed E-state index contributed by atoms with van der Waals surface area (Å²) >= 11 is 12.9. The summed E-state index contributed by atoms with van der Waals surface area (Å²) in [5, 5.41) is 6.24. The first-order valence-corrected chi connectivity index (χ1v) is 14.4. The highest BCUT2D eigenvalue weighted by molar-refractivity contribution is 6.42. The fraction of sp³-hybridized carbons (Fsp3) is 0.258. The molecule has 224 valence electrons. The van der Waals surface area contributed by atoms with Crippen molar-refractivity contribution in [3.8, 4) is 11.5 Å². The Labute approximate surface area is 259 Å². The Kier molecular flexibility index (Phi) is 9.10. The fourth-order valence-corrected chi connectivity index (χ4v) is 5.57. The van der Waals surface area contributed by atoms with E-state index in [-0.39, 0.29) is 38.8 Å². The molecule has 1 fully saturated rings. The average molecular weight is 625 g/mol. The van der Waals surface area contributed by atoms with E-state index in [2.05, 4.69) is 38.9 Å². The van der Waals surface area contributed by atoms with E-state index in [1.54, 1.807) is 12.1 Å². The van der Waals surface area contributed by atoms with Crippen molar-refractivity contribution in [1.29, 1.82) is 0 Å². The molecular weight excluding hydrogens is 593 g/mol. The number of methoxy groups -OCH3 is 2. The molecule has 1 aliphatic rings. The fourth-order valence-electron chi connectivity index (χ4n) is 4.90. The average Bonchev–Trinajstić information content (AvgIpc) is 3.45. The summed E-state index contributed by atoms with van der Waals surface area (Å²) in [4.78, 5) is 35.1. The number of nitrogens with zero attached hydrogens (tertiary/aromatic N) is 3. The molecule has 43 heavy (non-hydrogen) atoms.